The first-order valence-corrected chi connectivity index (χ1v) is 7.21. The van der Waals surface area contributed by atoms with E-state index in [0.29, 0.717) is 11.5 Å². The Morgan fingerprint density at radius 3 is 2.40 bits per heavy atom. The van der Waals surface area contributed by atoms with Gasteiger partial charge in [-0.2, -0.15) is 5.26 Å². The van der Waals surface area contributed by atoms with Crippen LogP contribution in [0.15, 0.2) is 36.4 Å². The van der Waals surface area contributed by atoms with Crippen LogP contribution >= 0.6 is 0 Å². The normalized spacial score (nSPS) is 38.2. The number of nitriles is 1. The van der Waals surface area contributed by atoms with Crippen LogP contribution in [0.25, 0.3) is 0 Å². The second-order valence-electron chi connectivity index (χ2n) is 6.24. The standard InChI is InChI=1S/C17H17NO2/c18-9-12-1-4-14(5-2-12)16-19-10-17(11-20-16)8-13-3-6-15(17)7-13/h1-6,13,15-16H,7-8,10-11H2/t13-,15-,16?,17?/m1/s1. The van der Waals surface area contributed by atoms with Gasteiger partial charge in [-0.05, 0) is 36.8 Å². The van der Waals surface area contributed by atoms with Gasteiger partial charge in [-0.15, -0.1) is 0 Å². The van der Waals surface area contributed by atoms with Gasteiger partial charge < -0.3 is 9.47 Å². The molecule has 2 bridgehead atoms. The van der Waals surface area contributed by atoms with Crippen LogP contribution in [-0.2, 0) is 9.47 Å². The third-order valence-corrected chi connectivity index (χ3v) is 4.98. The van der Waals surface area contributed by atoms with Crippen molar-refractivity contribution in [3.8, 4) is 6.07 Å². The molecule has 4 rings (SSSR count). The lowest BCUT2D eigenvalue weighted by Crippen LogP contribution is -2.41. The van der Waals surface area contributed by atoms with Crippen molar-refractivity contribution in [1.82, 2.24) is 0 Å². The van der Waals surface area contributed by atoms with E-state index in [4.69, 9.17) is 14.7 Å². The van der Waals surface area contributed by atoms with Crippen molar-refractivity contribution < 1.29 is 9.47 Å². The quantitative estimate of drug-likeness (QED) is 0.734. The largest absolute Gasteiger partial charge is 0.348 e. The molecule has 0 radical (unpaired) electrons. The molecule has 0 amide bonds. The Morgan fingerprint density at radius 1 is 1.10 bits per heavy atom. The third-order valence-electron chi connectivity index (χ3n) is 4.98. The average Bonchev–Trinajstić information content (AvgIpc) is 3.09. The smallest absolute Gasteiger partial charge is 0.183 e. The number of hydrogen-bond donors (Lipinski definition) is 0. The predicted molar refractivity (Wildman–Crippen MR) is 73.6 cm³/mol. The molecule has 3 aliphatic rings. The number of nitrogens with zero attached hydrogens (tertiary/aromatic N) is 1. The lowest BCUT2D eigenvalue weighted by atomic mass is 9.76. The SMILES string of the molecule is N#Cc1ccc(C2OCC3(CO2)C[C@@H]2C=C[C@@H]3C2)cc1. The molecule has 1 aromatic carbocycles. The fourth-order valence-electron chi connectivity index (χ4n) is 3.87. The van der Waals surface area contributed by atoms with Gasteiger partial charge in [-0.3, -0.25) is 0 Å². The number of allylic oxidation sites excluding steroid dienone is 2. The maximum Gasteiger partial charge on any atom is 0.183 e. The number of ether oxygens (including phenoxy) is 2. The predicted octanol–water partition coefficient (Wildman–Crippen LogP) is 3.19. The molecule has 1 aliphatic heterocycles. The number of fused-ring (bicyclic) bond motifs is 3. The number of rotatable bonds is 1. The van der Waals surface area contributed by atoms with Gasteiger partial charge in [0.15, 0.2) is 6.29 Å². The molecule has 2 fully saturated rings. The molecule has 3 nitrogen and oxygen atoms in total. The molecule has 2 aliphatic carbocycles. The van der Waals surface area contributed by atoms with Crippen LogP contribution in [0.5, 0.6) is 0 Å². The summed E-state index contributed by atoms with van der Waals surface area (Å²) >= 11 is 0. The summed E-state index contributed by atoms with van der Waals surface area (Å²) in [6.45, 7) is 1.56. The molecule has 0 unspecified atom stereocenters. The molecule has 3 heteroatoms. The Morgan fingerprint density at radius 2 is 1.85 bits per heavy atom. The first-order chi connectivity index (χ1) is 9.79. The molecule has 1 saturated heterocycles. The van der Waals surface area contributed by atoms with Gasteiger partial charge in [0.25, 0.3) is 0 Å². The minimum absolute atomic E-state index is 0.211. The zero-order valence-corrected chi connectivity index (χ0v) is 11.3. The molecule has 1 saturated carbocycles. The van der Waals surface area contributed by atoms with Gasteiger partial charge in [-0.1, -0.05) is 24.3 Å². The summed E-state index contributed by atoms with van der Waals surface area (Å²) in [6, 6.07) is 9.59. The van der Waals surface area contributed by atoms with E-state index in [9.17, 15) is 0 Å². The highest BCUT2D eigenvalue weighted by atomic mass is 16.7. The molecule has 20 heavy (non-hydrogen) atoms. The van der Waals surface area contributed by atoms with Crippen molar-refractivity contribution in [2.24, 2.45) is 17.3 Å². The van der Waals surface area contributed by atoms with E-state index >= 15 is 0 Å². The van der Waals surface area contributed by atoms with Gasteiger partial charge in [0.05, 0.1) is 24.8 Å². The molecule has 1 heterocycles. The molecule has 0 N–H and O–H groups in total. The zero-order chi connectivity index (χ0) is 13.6. The molecular formula is C17H17NO2. The zero-order valence-electron chi connectivity index (χ0n) is 11.3. The summed E-state index contributed by atoms with van der Waals surface area (Å²) in [5.41, 5.74) is 1.87. The van der Waals surface area contributed by atoms with Gasteiger partial charge in [-0.25, -0.2) is 0 Å². The molecule has 102 valence electrons. The van der Waals surface area contributed by atoms with E-state index in [1.165, 1.54) is 12.8 Å². The highest BCUT2D eigenvalue weighted by Crippen LogP contribution is 2.54. The van der Waals surface area contributed by atoms with Crippen molar-refractivity contribution >= 4 is 0 Å². The van der Waals surface area contributed by atoms with E-state index in [-0.39, 0.29) is 11.7 Å². The summed E-state index contributed by atoms with van der Waals surface area (Å²) < 4.78 is 12.0. The van der Waals surface area contributed by atoms with E-state index < -0.39 is 0 Å². The van der Waals surface area contributed by atoms with Crippen LogP contribution in [0.4, 0.5) is 0 Å². The Kier molecular flexibility index (Phi) is 2.70. The minimum atomic E-state index is -0.281. The molecule has 0 aromatic heterocycles. The van der Waals surface area contributed by atoms with Gasteiger partial charge in [0.1, 0.15) is 0 Å². The van der Waals surface area contributed by atoms with Gasteiger partial charge >= 0.3 is 0 Å². The third kappa shape index (κ3) is 1.80. The Bertz CT molecular complexity index is 576. The highest BCUT2D eigenvalue weighted by molar-refractivity contribution is 5.32. The van der Waals surface area contributed by atoms with Crippen LogP contribution in [0.2, 0.25) is 0 Å². The van der Waals surface area contributed by atoms with Crippen molar-refractivity contribution in [2.75, 3.05) is 13.2 Å². The first kappa shape index (κ1) is 12.1. The molecule has 1 spiro atoms. The monoisotopic (exact) mass is 267 g/mol. The van der Waals surface area contributed by atoms with Crippen LogP contribution in [0.3, 0.4) is 0 Å². The van der Waals surface area contributed by atoms with Gasteiger partial charge in [0, 0.05) is 11.0 Å². The second kappa shape index (κ2) is 4.44. The summed E-state index contributed by atoms with van der Waals surface area (Å²) in [4.78, 5) is 0. The summed E-state index contributed by atoms with van der Waals surface area (Å²) in [6.07, 6.45) is 6.89. The van der Waals surface area contributed by atoms with E-state index in [1.54, 1.807) is 0 Å². The maximum absolute atomic E-state index is 8.82. The van der Waals surface area contributed by atoms with Crippen molar-refractivity contribution in [2.45, 2.75) is 19.1 Å². The number of benzene rings is 1. The molecule has 2 atom stereocenters. The Balaban J connectivity index is 1.47. The van der Waals surface area contributed by atoms with Crippen LogP contribution in [-0.4, -0.2) is 13.2 Å². The molecular weight excluding hydrogens is 250 g/mol. The van der Waals surface area contributed by atoms with Gasteiger partial charge in [0.2, 0.25) is 0 Å². The lowest BCUT2D eigenvalue weighted by Gasteiger charge is -2.41. The van der Waals surface area contributed by atoms with E-state index in [1.807, 2.05) is 24.3 Å². The highest BCUT2D eigenvalue weighted by Gasteiger charge is 2.51. The fraction of sp³-hybridized carbons (Fsp3) is 0.471. The minimum Gasteiger partial charge on any atom is -0.348 e. The topological polar surface area (TPSA) is 42.2 Å². The van der Waals surface area contributed by atoms with E-state index in [0.717, 1.165) is 24.7 Å². The van der Waals surface area contributed by atoms with Crippen LogP contribution in [0, 0.1) is 28.6 Å². The molecule has 1 aromatic rings. The van der Waals surface area contributed by atoms with Crippen LogP contribution < -0.4 is 0 Å². The Labute approximate surface area is 118 Å². The summed E-state index contributed by atoms with van der Waals surface area (Å²) in [5.74, 6) is 1.37. The second-order valence-corrected chi connectivity index (χ2v) is 6.24. The summed E-state index contributed by atoms with van der Waals surface area (Å²) in [7, 11) is 0. The lowest BCUT2D eigenvalue weighted by molar-refractivity contribution is -0.239. The average molecular weight is 267 g/mol. The van der Waals surface area contributed by atoms with E-state index in [2.05, 4.69) is 18.2 Å². The fourth-order valence-corrected chi connectivity index (χ4v) is 3.87. The summed E-state index contributed by atoms with van der Waals surface area (Å²) in [5, 5.41) is 8.82. The Hall–Kier alpha value is -1.63. The van der Waals surface area contributed by atoms with Crippen molar-refractivity contribution in [3.05, 3.63) is 47.5 Å². The van der Waals surface area contributed by atoms with Crippen LogP contribution in [0.1, 0.15) is 30.3 Å². The van der Waals surface area contributed by atoms with Crippen molar-refractivity contribution in [1.29, 1.82) is 5.26 Å². The van der Waals surface area contributed by atoms with Crippen molar-refractivity contribution in [3.63, 3.8) is 0 Å². The first-order valence-electron chi connectivity index (χ1n) is 7.21. The number of hydrogen-bond acceptors (Lipinski definition) is 3. The maximum atomic E-state index is 8.82.